The first kappa shape index (κ1) is 29.0. The summed E-state index contributed by atoms with van der Waals surface area (Å²) < 4.78 is 7.22. The lowest BCUT2D eigenvalue weighted by Crippen LogP contribution is -2.47. The van der Waals surface area contributed by atoms with E-state index < -0.39 is 0 Å². The fraction of sp³-hybridized carbons (Fsp3) is 0.467. The van der Waals surface area contributed by atoms with Crippen molar-refractivity contribution in [2.45, 2.75) is 51.7 Å². The number of hydrogen-bond donors (Lipinski definition) is 2. The molecule has 1 aromatic carbocycles. The Hall–Kier alpha value is -3.47. The van der Waals surface area contributed by atoms with Crippen LogP contribution in [-0.4, -0.2) is 88.5 Å². The molecule has 0 spiro atoms. The second kappa shape index (κ2) is 13.0. The average Bonchev–Trinajstić information content (AvgIpc) is 3.12. The Morgan fingerprint density at radius 3 is 2.61 bits per heavy atom. The van der Waals surface area contributed by atoms with Crippen molar-refractivity contribution in [3.63, 3.8) is 0 Å². The maximum absolute atomic E-state index is 13.7. The molecule has 2 N–H and O–H groups in total. The quantitative estimate of drug-likeness (QED) is 0.440. The van der Waals surface area contributed by atoms with E-state index in [1.54, 1.807) is 39.8 Å². The molecule has 0 unspecified atom stereocenters. The van der Waals surface area contributed by atoms with Gasteiger partial charge >= 0.3 is 0 Å². The summed E-state index contributed by atoms with van der Waals surface area (Å²) in [5.74, 6) is -0.361. The van der Waals surface area contributed by atoms with Crippen molar-refractivity contribution in [2.75, 3.05) is 44.7 Å². The third-order valence-corrected chi connectivity index (χ3v) is 8.03. The molecule has 2 aliphatic rings. The number of amides is 3. The van der Waals surface area contributed by atoms with E-state index in [0.29, 0.717) is 65.3 Å². The molecule has 41 heavy (non-hydrogen) atoms. The molecule has 5 rings (SSSR count). The molecule has 2 fully saturated rings. The Morgan fingerprint density at radius 2 is 1.88 bits per heavy atom. The van der Waals surface area contributed by atoms with E-state index in [-0.39, 0.29) is 30.3 Å². The van der Waals surface area contributed by atoms with E-state index in [9.17, 15) is 14.4 Å². The zero-order chi connectivity index (χ0) is 28.9. The van der Waals surface area contributed by atoms with Gasteiger partial charge in [-0.05, 0) is 63.4 Å². The highest BCUT2D eigenvalue weighted by Crippen LogP contribution is 2.26. The number of carbonyl (C=O) groups is 3. The largest absolute Gasteiger partial charge is 0.380 e. The molecule has 11 heteroatoms. The van der Waals surface area contributed by atoms with Gasteiger partial charge in [-0.15, -0.1) is 0 Å². The van der Waals surface area contributed by atoms with Gasteiger partial charge in [0.15, 0.2) is 0 Å². The van der Waals surface area contributed by atoms with Crippen molar-refractivity contribution in [3.05, 3.63) is 58.9 Å². The molecular formula is C30H37ClN6O4. The highest BCUT2D eigenvalue weighted by molar-refractivity contribution is 6.30. The summed E-state index contributed by atoms with van der Waals surface area (Å²) in [5, 5.41) is 7.07. The van der Waals surface area contributed by atoms with Gasteiger partial charge in [0.05, 0.1) is 11.6 Å². The van der Waals surface area contributed by atoms with Crippen LogP contribution in [0.2, 0.25) is 5.02 Å². The van der Waals surface area contributed by atoms with Crippen LogP contribution in [0.5, 0.6) is 0 Å². The van der Waals surface area contributed by atoms with Gasteiger partial charge in [0, 0.05) is 67.5 Å². The lowest BCUT2D eigenvalue weighted by molar-refractivity contribution is -0.116. The first-order valence-electron chi connectivity index (χ1n) is 14.3. The highest BCUT2D eigenvalue weighted by Gasteiger charge is 2.27. The molecule has 0 bridgehead atoms. The normalized spacial score (nSPS) is 17.0. The molecule has 3 amide bonds. The summed E-state index contributed by atoms with van der Waals surface area (Å²) in [6.45, 7) is 8.30. The Balaban J connectivity index is 1.44. The zero-order valence-corrected chi connectivity index (χ0v) is 24.3. The highest BCUT2D eigenvalue weighted by atomic mass is 35.5. The molecule has 3 aromatic rings. The molecule has 2 saturated heterocycles. The van der Waals surface area contributed by atoms with Crippen LogP contribution in [0, 0.1) is 0 Å². The van der Waals surface area contributed by atoms with E-state index in [1.165, 1.54) is 6.20 Å². The van der Waals surface area contributed by atoms with Crippen LogP contribution >= 0.6 is 11.6 Å². The molecular weight excluding hydrogens is 544 g/mol. The van der Waals surface area contributed by atoms with Gasteiger partial charge in [-0.3, -0.25) is 14.4 Å². The van der Waals surface area contributed by atoms with Crippen LogP contribution in [0.25, 0.3) is 10.9 Å². The fourth-order valence-corrected chi connectivity index (χ4v) is 5.66. The van der Waals surface area contributed by atoms with Crippen molar-refractivity contribution in [1.29, 1.82) is 0 Å². The molecule has 10 nitrogen and oxygen atoms in total. The number of pyridine rings is 1. The lowest BCUT2D eigenvalue weighted by atomic mass is 10.0. The monoisotopic (exact) mass is 580 g/mol. The van der Waals surface area contributed by atoms with Gasteiger partial charge in [-0.1, -0.05) is 17.7 Å². The number of fused-ring (bicyclic) bond motifs is 1. The number of piperidine rings is 1. The molecule has 4 heterocycles. The van der Waals surface area contributed by atoms with Crippen molar-refractivity contribution in [2.24, 2.45) is 0 Å². The molecule has 0 atom stereocenters. The van der Waals surface area contributed by atoms with Crippen LogP contribution in [0.1, 0.15) is 54.0 Å². The van der Waals surface area contributed by atoms with Gasteiger partial charge in [-0.2, -0.15) is 0 Å². The van der Waals surface area contributed by atoms with Crippen molar-refractivity contribution in [1.82, 2.24) is 24.7 Å². The zero-order valence-electron chi connectivity index (χ0n) is 23.6. The number of nitrogens with one attached hydrogen (secondary N) is 2. The predicted octanol–water partition coefficient (Wildman–Crippen LogP) is 3.79. The summed E-state index contributed by atoms with van der Waals surface area (Å²) in [6, 6.07) is 10.9. The SMILES string of the molecule is CC(C)N1CCC(NC(=O)c2cc3c(C(=O)N4CCCOCC4)cccc3n2CC(=O)Nc2ccc(Cl)cn2)CC1. The van der Waals surface area contributed by atoms with Gasteiger partial charge in [0.1, 0.15) is 18.1 Å². The molecule has 2 aliphatic heterocycles. The van der Waals surface area contributed by atoms with Gasteiger partial charge < -0.3 is 29.7 Å². The molecule has 0 saturated carbocycles. The van der Waals surface area contributed by atoms with Crippen molar-refractivity contribution >= 4 is 46.0 Å². The molecule has 2 aromatic heterocycles. The minimum atomic E-state index is -0.349. The standard InChI is InChI=1S/C30H37ClN6O4/c1-20(2)35-12-9-22(10-13-35)33-29(39)26-17-24-23(30(40)36-11-4-15-41-16-14-36)5-3-6-25(24)37(26)19-28(38)34-27-8-7-21(31)18-32-27/h3,5-8,17-18,20,22H,4,9-16,19H2,1-2H3,(H,33,39)(H,32,34,38). The van der Waals surface area contributed by atoms with E-state index in [0.717, 1.165) is 32.4 Å². The topological polar surface area (TPSA) is 109 Å². The Labute approximate surface area is 245 Å². The summed E-state index contributed by atoms with van der Waals surface area (Å²) in [5.41, 5.74) is 1.48. The summed E-state index contributed by atoms with van der Waals surface area (Å²) in [7, 11) is 0. The number of likely N-dealkylation sites (tertiary alicyclic amines) is 1. The van der Waals surface area contributed by atoms with E-state index in [4.69, 9.17) is 16.3 Å². The molecule has 0 aliphatic carbocycles. The summed E-state index contributed by atoms with van der Waals surface area (Å²) in [6.07, 6.45) is 3.93. The second-order valence-electron chi connectivity index (χ2n) is 10.9. The number of anilines is 1. The predicted molar refractivity (Wildman–Crippen MR) is 158 cm³/mol. The first-order chi connectivity index (χ1) is 19.8. The van der Waals surface area contributed by atoms with Crippen molar-refractivity contribution < 1.29 is 19.1 Å². The smallest absolute Gasteiger partial charge is 0.268 e. The number of carbonyl (C=O) groups excluding carboxylic acids is 3. The second-order valence-corrected chi connectivity index (χ2v) is 11.3. The van der Waals surface area contributed by atoms with E-state index in [2.05, 4.69) is 34.4 Å². The van der Waals surface area contributed by atoms with E-state index >= 15 is 0 Å². The molecule has 0 radical (unpaired) electrons. The number of hydrogen-bond acceptors (Lipinski definition) is 6. The number of ether oxygens (including phenoxy) is 1. The average molecular weight is 581 g/mol. The number of benzene rings is 1. The first-order valence-corrected chi connectivity index (χ1v) is 14.6. The van der Waals surface area contributed by atoms with Gasteiger partial charge in [0.2, 0.25) is 5.91 Å². The van der Waals surface area contributed by atoms with Gasteiger partial charge in [-0.25, -0.2) is 4.98 Å². The van der Waals surface area contributed by atoms with Crippen LogP contribution in [-0.2, 0) is 16.1 Å². The number of rotatable bonds is 7. The van der Waals surface area contributed by atoms with Crippen LogP contribution < -0.4 is 10.6 Å². The van der Waals surface area contributed by atoms with Gasteiger partial charge in [0.25, 0.3) is 11.8 Å². The number of nitrogens with zero attached hydrogens (tertiary/aromatic N) is 4. The number of halogens is 1. The Morgan fingerprint density at radius 1 is 1.07 bits per heavy atom. The Bertz CT molecular complexity index is 1390. The third-order valence-electron chi connectivity index (χ3n) is 7.81. The van der Waals surface area contributed by atoms with Crippen LogP contribution in [0.3, 0.4) is 0 Å². The van der Waals surface area contributed by atoms with Crippen molar-refractivity contribution in [3.8, 4) is 0 Å². The maximum Gasteiger partial charge on any atom is 0.268 e. The summed E-state index contributed by atoms with van der Waals surface area (Å²) in [4.78, 5) is 48.8. The van der Waals surface area contributed by atoms with E-state index in [1.807, 2.05) is 6.07 Å². The minimum absolute atomic E-state index is 0.0364. The lowest BCUT2D eigenvalue weighted by Gasteiger charge is -2.34. The maximum atomic E-state index is 13.7. The Kier molecular flexibility index (Phi) is 9.22. The van der Waals surface area contributed by atoms with Crippen LogP contribution in [0.15, 0.2) is 42.6 Å². The minimum Gasteiger partial charge on any atom is -0.380 e. The number of aromatic nitrogens is 2. The van der Waals surface area contributed by atoms with Crippen LogP contribution in [0.4, 0.5) is 5.82 Å². The third kappa shape index (κ3) is 6.89. The summed E-state index contributed by atoms with van der Waals surface area (Å²) >= 11 is 5.93. The molecule has 218 valence electrons. The fourth-order valence-electron chi connectivity index (χ4n) is 5.54.